The van der Waals surface area contributed by atoms with Crippen LogP contribution in [0.15, 0.2) is 41.3 Å². The summed E-state index contributed by atoms with van der Waals surface area (Å²) in [5.41, 5.74) is 0.825. The third-order valence-electron chi connectivity index (χ3n) is 5.53. The number of rotatable bonds is 8. The number of nitrogens with zero attached hydrogens (tertiary/aromatic N) is 2. The number of carbonyl (C=O) groups excluding carboxylic acids is 3. The van der Waals surface area contributed by atoms with E-state index in [1.165, 1.54) is 12.1 Å². The Morgan fingerprint density at radius 1 is 1.17 bits per heavy atom. The Morgan fingerprint density at radius 3 is 2.67 bits per heavy atom. The van der Waals surface area contributed by atoms with Gasteiger partial charge < -0.3 is 19.1 Å². The number of benzene rings is 2. The highest BCUT2D eigenvalue weighted by molar-refractivity contribution is 8.18. The lowest BCUT2D eigenvalue weighted by molar-refractivity contribution is -0.139. The molecule has 0 spiro atoms. The molecule has 4 rings (SSSR count). The zero-order valence-electron chi connectivity index (χ0n) is 19.5. The molecule has 0 unspecified atom stereocenters. The summed E-state index contributed by atoms with van der Waals surface area (Å²) in [6.07, 6.45) is 1.56. The standard InChI is InChI=1S/C25H24ClFN2O6S/c1-2-34-21-12-16(6-7-20(21)35-15-17-18(26)4-3-5-19(17)27)13-22-24(31)29(25(32)36-22)14-23(30)28-8-10-33-11-9-28/h3-7,12-13H,2,8-11,14-15H2,1H3/b22-13-. The molecule has 8 nitrogen and oxygen atoms in total. The Hall–Kier alpha value is -3.08. The number of halogens is 2. The minimum Gasteiger partial charge on any atom is -0.490 e. The van der Waals surface area contributed by atoms with Crippen molar-refractivity contribution >= 4 is 46.5 Å². The van der Waals surface area contributed by atoms with Gasteiger partial charge in [-0.1, -0.05) is 23.7 Å². The van der Waals surface area contributed by atoms with E-state index < -0.39 is 17.0 Å². The third-order valence-corrected chi connectivity index (χ3v) is 6.79. The summed E-state index contributed by atoms with van der Waals surface area (Å²) < 4.78 is 30.7. The van der Waals surface area contributed by atoms with Gasteiger partial charge in [0, 0.05) is 18.7 Å². The van der Waals surface area contributed by atoms with Crippen LogP contribution in [0.25, 0.3) is 6.08 Å². The molecule has 0 aliphatic carbocycles. The molecule has 0 saturated carbocycles. The molecule has 0 radical (unpaired) electrons. The van der Waals surface area contributed by atoms with Gasteiger partial charge in [0.25, 0.3) is 11.1 Å². The highest BCUT2D eigenvalue weighted by atomic mass is 35.5. The Labute approximate surface area is 216 Å². The minimum absolute atomic E-state index is 0.0962. The molecule has 11 heteroatoms. The van der Waals surface area contributed by atoms with Crippen molar-refractivity contribution in [2.45, 2.75) is 13.5 Å². The van der Waals surface area contributed by atoms with E-state index in [0.717, 1.165) is 16.7 Å². The lowest BCUT2D eigenvalue weighted by Crippen LogP contribution is -2.46. The van der Waals surface area contributed by atoms with Crippen molar-refractivity contribution < 1.29 is 33.0 Å². The fourth-order valence-electron chi connectivity index (χ4n) is 3.66. The second-order valence-corrected chi connectivity index (χ2v) is 9.29. The highest BCUT2D eigenvalue weighted by Gasteiger charge is 2.37. The first-order chi connectivity index (χ1) is 17.4. The second kappa shape index (κ2) is 11.8. The van der Waals surface area contributed by atoms with Crippen LogP contribution < -0.4 is 9.47 Å². The van der Waals surface area contributed by atoms with Crippen molar-refractivity contribution in [1.29, 1.82) is 0 Å². The Balaban J connectivity index is 1.47. The third kappa shape index (κ3) is 6.00. The van der Waals surface area contributed by atoms with Crippen LogP contribution in [-0.4, -0.2) is 66.3 Å². The molecule has 0 bridgehead atoms. The molecule has 36 heavy (non-hydrogen) atoms. The largest absolute Gasteiger partial charge is 0.490 e. The average Bonchev–Trinajstić information content (AvgIpc) is 3.12. The lowest BCUT2D eigenvalue weighted by Gasteiger charge is -2.28. The van der Waals surface area contributed by atoms with Gasteiger partial charge in [0.15, 0.2) is 11.5 Å². The fourth-order valence-corrected chi connectivity index (χ4v) is 4.71. The number of hydrogen-bond donors (Lipinski definition) is 0. The Kier molecular flexibility index (Phi) is 8.50. The SMILES string of the molecule is CCOc1cc(/C=C2\SC(=O)N(CC(=O)N3CCOCC3)C2=O)ccc1OCc1c(F)cccc1Cl. The van der Waals surface area contributed by atoms with Crippen molar-refractivity contribution in [3.05, 3.63) is 63.3 Å². The monoisotopic (exact) mass is 534 g/mol. The van der Waals surface area contributed by atoms with E-state index in [2.05, 4.69) is 0 Å². The molecule has 2 heterocycles. The van der Waals surface area contributed by atoms with Crippen molar-refractivity contribution in [2.75, 3.05) is 39.5 Å². The number of thioether (sulfide) groups is 1. The van der Waals surface area contributed by atoms with Crippen LogP contribution in [-0.2, 0) is 20.9 Å². The molecule has 2 fully saturated rings. The highest BCUT2D eigenvalue weighted by Crippen LogP contribution is 2.35. The first-order valence-electron chi connectivity index (χ1n) is 11.3. The van der Waals surface area contributed by atoms with Gasteiger partial charge in [-0.15, -0.1) is 0 Å². The molecule has 3 amide bonds. The summed E-state index contributed by atoms with van der Waals surface area (Å²) in [4.78, 5) is 40.5. The molecular formula is C25H24ClFN2O6S. The summed E-state index contributed by atoms with van der Waals surface area (Å²) in [5.74, 6) is -0.533. The van der Waals surface area contributed by atoms with Crippen LogP contribution in [0.2, 0.25) is 5.02 Å². The summed E-state index contributed by atoms with van der Waals surface area (Å²) in [6, 6.07) is 9.39. The van der Waals surface area contributed by atoms with Gasteiger partial charge in [-0.05, 0) is 54.6 Å². The Bertz CT molecular complexity index is 1180. The second-order valence-electron chi connectivity index (χ2n) is 7.89. The number of imide groups is 1. The Morgan fingerprint density at radius 2 is 1.94 bits per heavy atom. The first-order valence-corrected chi connectivity index (χ1v) is 12.5. The van der Waals surface area contributed by atoms with Crippen LogP contribution in [0.5, 0.6) is 11.5 Å². The maximum Gasteiger partial charge on any atom is 0.294 e. The molecule has 2 aromatic rings. The van der Waals surface area contributed by atoms with Gasteiger partial charge in [0.05, 0.1) is 29.7 Å². The number of hydrogen-bond acceptors (Lipinski definition) is 7. The van der Waals surface area contributed by atoms with Crippen LogP contribution in [0.4, 0.5) is 9.18 Å². The zero-order valence-corrected chi connectivity index (χ0v) is 21.1. The van der Waals surface area contributed by atoms with Crippen LogP contribution >= 0.6 is 23.4 Å². The van der Waals surface area contributed by atoms with Crippen molar-refractivity contribution in [3.63, 3.8) is 0 Å². The van der Waals surface area contributed by atoms with E-state index in [-0.39, 0.29) is 34.6 Å². The fraction of sp³-hybridized carbons (Fsp3) is 0.320. The van der Waals surface area contributed by atoms with E-state index in [4.69, 9.17) is 25.8 Å². The van der Waals surface area contributed by atoms with Crippen molar-refractivity contribution in [3.8, 4) is 11.5 Å². The molecule has 0 atom stereocenters. The zero-order chi connectivity index (χ0) is 25.7. The maximum absolute atomic E-state index is 14.1. The predicted molar refractivity (Wildman–Crippen MR) is 133 cm³/mol. The van der Waals surface area contributed by atoms with E-state index >= 15 is 0 Å². The topological polar surface area (TPSA) is 85.4 Å². The summed E-state index contributed by atoms with van der Waals surface area (Å²) in [6.45, 7) is 3.48. The van der Waals surface area contributed by atoms with Crippen LogP contribution in [0.3, 0.4) is 0 Å². The van der Waals surface area contributed by atoms with Gasteiger partial charge >= 0.3 is 0 Å². The van der Waals surface area contributed by atoms with Gasteiger partial charge in [-0.25, -0.2) is 4.39 Å². The molecule has 2 aliphatic rings. The average molecular weight is 535 g/mol. The van der Waals surface area contributed by atoms with Gasteiger partial charge in [0.2, 0.25) is 5.91 Å². The van der Waals surface area contributed by atoms with Crippen LogP contribution in [0.1, 0.15) is 18.1 Å². The molecular weight excluding hydrogens is 511 g/mol. The molecule has 2 aromatic carbocycles. The molecule has 2 aliphatic heterocycles. The molecule has 190 valence electrons. The van der Waals surface area contributed by atoms with Crippen molar-refractivity contribution in [2.24, 2.45) is 0 Å². The number of ether oxygens (including phenoxy) is 3. The van der Waals surface area contributed by atoms with Gasteiger partial charge in [-0.3, -0.25) is 19.3 Å². The smallest absolute Gasteiger partial charge is 0.294 e. The molecule has 2 saturated heterocycles. The van der Waals surface area contributed by atoms with E-state index in [1.807, 2.05) is 0 Å². The summed E-state index contributed by atoms with van der Waals surface area (Å²) in [7, 11) is 0. The van der Waals surface area contributed by atoms with Gasteiger partial charge in [0.1, 0.15) is 19.0 Å². The molecule has 0 N–H and O–H groups in total. The first kappa shape index (κ1) is 26.0. The maximum atomic E-state index is 14.1. The van der Waals surface area contributed by atoms with Crippen LogP contribution in [0, 0.1) is 5.82 Å². The summed E-state index contributed by atoms with van der Waals surface area (Å²) in [5, 5.41) is -0.244. The molecule has 0 aromatic heterocycles. The van der Waals surface area contributed by atoms with Gasteiger partial charge in [-0.2, -0.15) is 0 Å². The number of carbonyl (C=O) groups is 3. The minimum atomic E-state index is -0.529. The normalized spacial score (nSPS) is 17.1. The lowest BCUT2D eigenvalue weighted by atomic mass is 10.1. The van der Waals surface area contributed by atoms with E-state index in [0.29, 0.717) is 50.0 Å². The number of morpholine rings is 1. The van der Waals surface area contributed by atoms with E-state index in [9.17, 15) is 18.8 Å². The quantitative estimate of drug-likeness (QED) is 0.465. The predicted octanol–water partition coefficient (Wildman–Crippen LogP) is 4.35. The van der Waals surface area contributed by atoms with E-state index in [1.54, 1.807) is 42.2 Å². The number of amides is 3. The van der Waals surface area contributed by atoms with Crippen molar-refractivity contribution in [1.82, 2.24) is 9.80 Å². The summed E-state index contributed by atoms with van der Waals surface area (Å²) >= 11 is 6.85.